The van der Waals surface area contributed by atoms with Crippen LogP contribution in [0.15, 0.2) is 30.3 Å². The molecule has 1 aromatic heterocycles. The number of nitrogens with zero attached hydrogens (tertiary/aromatic N) is 1. The number of likely N-dealkylation sites (tertiary alicyclic amines) is 1. The topological polar surface area (TPSA) is 15.3 Å². The molecular weight excluding hydrogens is 264 g/mol. The summed E-state index contributed by atoms with van der Waals surface area (Å²) >= 11 is 1.97. The molecule has 1 N–H and O–H groups in total. The standard InChI is InChI=1S/C17H22N2S/c1-2-4-16-14(3-1)11-15(20-16)12-19-10-7-17(13-19)5-8-18-9-6-17/h1-4,11,18H,5-10,12-13H2. The van der Waals surface area contributed by atoms with Crippen molar-refractivity contribution in [3.63, 3.8) is 0 Å². The van der Waals surface area contributed by atoms with E-state index < -0.39 is 0 Å². The zero-order chi connectivity index (χ0) is 13.4. The predicted octanol–water partition coefficient (Wildman–Crippen LogP) is 3.48. The molecule has 0 aliphatic carbocycles. The molecule has 3 heteroatoms. The average molecular weight is 286 g/mol. The molecule has 0 bridgehead atoms. The SMILES string of the molecule is c1ccc2sc(CN3CCC4(CCNCC4)C3)cc2c1. The van der Waals surface area contributed by atoms with Crippen molar-refractivity contribution in [1.29, 1.82) is 0 Å². The van der Waals surface area contributed by atoms with Gasteiger partial charge in [-0.15, -0.1) is 11.3 Å². The number of nitrogens with one attached hydrogen (secondary N) is 1. The van der Waals surface area contributed by atoms with Crippen molar-refractivity contribution in [1.82, 2.24) is 10.2 Å². The van der Waals surface area contributed by atoms with E-state index in [-0.39, 0.29) is 0 Å². The monoisotopic (exact) mass is 286 g/mol. The first-order chi connectivity index (χ1) is 9.83. The van der Waals surface area contributed by atoms with Crippen molar-refractivity contribution in [3.8, 4) is 0 Å². The fourth-order valence-electron chi connectivity index (χ4n) is 3.86. The summed E-state index contributed by atoms with van der Waals surface area (Å²) in [5, 5.41) is 4.91. The van der Waals surface area contributed by atoms with Gasteiger partial charge in [-0.25, -0.2) is 0 Å². The fraction of sp³-hybridized carbons (Fsp3) is 0.529. The molecule has 2 aliphatic heterocycles. The van der Waals surface area contributed by atoms with E-state index in [1.807, 2.05) is 11.3 Å². The third-order valence-electron chi connectivity index (χ3n) is 5.04. The normalized spacial score (nSPS) is 22.8. The lowest BCUT2D eigenvalue weighted by Crippen LogP contribution is -2.38. The van der Waals surface area contributed by atoms with E-state index in [0.717, 1.165) is 6.54 Å². The Morgan fingerprint density at radius 3 is 2.85 bits per heavy atom. The Bertz CT molecular complexity index is 565. The first kappa shape index (κ1) is 12.8. The van der Waals surface area contributed by atoms with E-state index >= 15 is 0 Å². The molecular formula is C17H22N2S. The molecule has 106 valence electrons. The summed E-state index contributed by atoms with van der Waals surface area (Å²) < 4.78 is 1.43. The van der Waals surface area contributed by atoms with Gasteiger partial charge >= 0.3 is 0 Å². The van der Waals surface area contributed by atoms with Crippen LogP contribution in [0, 0.1) is 5.41 Å². The third kappa shape index (κ3) is 2.39. The maximum absolute atomic E-state index is 3.50. The van der Waals surface area contributed by atoms with Crippen molar-refractivity contribution in [2.45, 2.75) is 25.8 Å². The lowest BCUT2D eigenvalue weighted by molar-refractivity contribution is 0.194. The van der Waals surface area contributed by atoms with Gasteiger partial charge in [-0.05, 0) is 61.8 Å². The third-order valence-corrected chi connectivity index (χ3v) is 6.14. The minimum atomic E-state index is 0.627. The van der Waals surface area contributed by atoms with E-state index in [1.54, 1.807) is 0 Å². The Balaban J connectivity index is 1.47. The van der Waals surface area contributed by atoms with Crippen LogP contribution in [0.25, 0.3) is 10.1 Å². The highest BCUT2D eigenvalue weighted by Gasteiger charge is 2.38. The van der Waals surface area contributed by atoms with Gasteiger partial charge in [0, 0.05) is 22.7 Å². The Labute approximate surface area is 124 Å². The number of benzene rings is 1. The van der Waals surface area contributed by atoms with Crippen LogP contribution >= 0.6 is 11.3 Å². The van der Waals surface area contributed by atoms with Crippen LogP contribution in [0.2, 0.25) is 0 Å². The van der Waals surface area contributed by atoms with Crippen LogP contribution < -0.4 is 5.32 Å². The van der Waals surface area contributed by atoms with Crippen LogP contribution in [0.3, 0.4) is 0 Å². The molecule has 4 rings (SSSR count). The number of rotatable bonds is 2. The molecule has 1 aromatic carbocycles. The van der Waals surface area contributed by atoms with E-state index in [4.69, 9.17) is 0 Å². The summed E-state index contributed by atoms with van der Waals surface area (Å²) in [5.74, 6) is 0. The molecule has 2 nitrogen and oxygen atoms in total. The van der Waals surface area contributed by atoms with Gasteiger partial charge in [0.1, 0.15) is 0 Å². The zero-order valence-corrected chi connectivity index (χ0v) is 12.7. The minimum absolute atomic E-state index is 0.627. The second kappa shape index (κ2) is 5.14. The van der Waals surface area contributed by atoms with Crippen molar-refractivity contribution < 1.29 is 0 Å². The van der Waals surface area contributed by atoms with Crippen LogP contribution in [-0.4, -0.2) is 31.1 Å². The van der Waals surface area contributed by atoms with Gasteiger partial charge in [0.15, 0.2) is 0 Å². The van der Waals surface area contributed by atoms with Gasteiger partial charge in [0.2, 0.25) is 0 Å². The minimum Gasteiger partial charge on any atom is -0.317 e. The second-order valence-corrected chi connectivity index (χ2v) is 7.63. The van der Waals surface area contributed by atoms with E-state index in [1.165, 1.54) is 60.4 Å². The smallest absolute Gasteiger partial charge is 0.0346 e. The van der Waals surface area contributed by atoms with Gasteiger partial charge in [0.05, 0.1) is 0 Å². The zero-order valence-electron chi connectivity index (χ0n) is 11.9. The molecule has 2 aromatic rings. The quantitative estimate of drug-likeness (QED) is 0.909. The highest BCUT2D eigenvalue weighted by Crippen LogP contribution is 2.39. The average Bonchev–Trinajstić information content (AvgIpc) is 3.04. The lowest BCUT2D eigenvalue weighted by Gasteiger charge is -2.33. The molecule has 2 fully saturated rings. The molecule has 1 spiro atoms. The summed E-state index contributed by atoms with van der Waals surface area (Å²) in [4.78, 5) is 4.20. The van der Waals surface area contributed by atoms with Crippen molar-refractivity contribution in [2.75, 3.05) is 26.2 Å². The Morgan fingerprint density at radius 2 is 2.00 bits per heavy atom. The van der Waals surface area contributed by atoms with Gasteiger partial charge in [-0.2, -0.15) is 0 Å². The maximum Gasteiger partial charge on any atom is 0.0346 e. The molecule has 3 heterocycles. The molecule has 0 saturated carbocycles. The summed E-state index contributed by atoms with van der Waals surface area (Å²) in [5.41, 5.74) is 0.627. The second-order valence-electron chi connectivity index (χ2n) is 6.46. The van der Waals surface area contributed by atoms with E-state index in [2.05, 4.69) is 40.5 Å². The first-order valence-corrected chi connectivity index (χ1v) is 8.55. The molecule has 0 unspecified atom stereocenters. The van der Waals surface area contributed by atoms with E-state index in [9.17, 15) is 0 Å². The maximum atomic E-state index is 3.50. The summed E-state index contributed by atoms with van der Waals surface area (Å²) in [6, 6.07) is 11.1. The summed E-state index contributed by atoms with van der Waals surface area (Å²) in [6.45, 7) is 6.18. The van der Waals surface area contributed by atoms with Crippen LogP contribution in [0.5, 0.6) is 0 Å². The van der Waals surface area contributed by atoms with Crippen LogP contribution in [-0.2, 0) is 6.54 Å². The van der Waals surface area contributed by atoms with Gasteiger partial charge in [-0.3, -0.25) is 4.90 Å². The number of hydrogen-bond acceptors (Lipinski definition) is 3. The Morgan fingerprint density at radius 1 is 1.15 bits per heavy atom. The predicted molar refractivity (Wildman–Crippen MR) is 86.3 cm³/mol. The lowest BCUT2D eigenvalue weighted by atomic mass is 9.78. The number of piperidine rings is 1. The molecule has 20 heavy (non-hydrogen) atoms. The molecule has 0 radical (unpaired) electrons. The van der Waals surface area contributed by atoms with Crippen molar-refractivity contribution in [2.24, 2.45) is 5.41 Å². The van der Waals surface area contributed by atoms with Gasteiger partial charge in [0.25, 0.3) is 0 Å². The highest BCUT2D eigenvalue weighted by molar-refractivity contribution is 7.19. The van der Waals surface area contributed by atoms with Gasteiger partial charge < -0.3 is 5.32 Å². The first-order valence-electron chi connectivity index (χ1n) is 7.74. The van der Waals surface area contributed by atoms with Crippen LogP contribution in [0.1, 0.15) is 24.1 Å². The Hall–Kier alpha value is -0.900. The number of thiophene rings is 1. The highest BCUT2D eigenvalue weighted by atomic mass is 32.1. The fourth-order valence-corrected chi connectivity index (χ4v) is 4.97. The van der Waals surface area contributed by atoms with Gasteiger partial charge in [-0.1, -0.05) is 18.2 Å². The van der Waals surface area contributed by atoms with Crippen molar-refractivity contribution >= 4 is 21.4 Å². The molecule has 2 saturated heterocycles. The van der Waals surface area contributed by atoms with Crippen molar-refractivity contribution in [3.05, 3.63) is 35.2 Å². The summed E-state index contributed by atoms with van der Waals surface area (Å²) in [7, 11) is 0. The molecule has 0 atom stereocenters. The van der Waals surface area contributed by atoms with E-state index in [0.29, 0.717) is 5.41 Å². The van der Waals surface area contributed by atoms with Crippen LogP contribution in [0.4, 0.5) is 0 Å². The number of hydrogen-bond donors (Lipinski definition) is 1. The molecule has 0 amide bonds. The Kier molecular flexibility index (Phi) is 3.29. The largest absolute Gasteiger partial charge is 0.317 e. The molecule has 2 aliphatic rings. The summed E-state index contributed by atoms with van der Waals surface area (Å²) in [6.07, 6.45) is 4.14. The number of fused-ring (bicyclic) bond motifs is 1.